The van der Waals surface area contributed by atoms with E-state index in [0.717, 1.165) is 66.4 Å². The third-order valence-corrected chi connectivity index (χ3v) is 9.74. The molecule has 1 heterocycles. The van der Waals surface area contributed by atoms with Crippen LogP contribution in [0.2, 0.25) is 0 Å². The van der Waals surface area contributed by atoms with Crippen molar-refractivity contribution in [2.24, 2.45) is 0 Å². The van der Waals surface area contributed by atoms with Crippen LogP contribution in [0.1, 0.15) is 49.9 Å². The van der Waals surface area contributed by atoms with Crippen LogP contribution < -0.4 is 18.5 Å². The van der Waals surface area contributed by atoms with E-state index in [4.69, 9.17) is 18.5 Å². The Kier molecular flexibility index (Phi) is 8.21. The molecule has 0 aromatic heterocycles. The molecular formula is C42H41O6P. The molecule has 7 rings (SSSR count). The number of rotatable bonds is 6. The molecule has 0 saturated heterocycles. The molecule has 0 spiro atoms. The van der Waals surface area contributed by atoms with Gasteiger partial charge in [0.2, 0.25) is 0 Å². The van der Waals surface area contributed by atoms with Crippen molar-refractivity contribution in [3.05, 3.63) is 107 Å². The summed E-state index contributed by atoms with van der Waals surface area (Å²) in [6.07, 6.45) is 0.0397. The van der Waals surface area contributed by atoms with Gasteiger partial charge < -0.3 is 18.5 Å². The smallest absolute Gasteiger partial charge is 0.490 e. The van der Waals surface area contributed by atoms with E-state index in [-0.39, 0.29) is 12.2 Å². The minimum atomic E-state index is -4.70. The highest BCUT2D eigenvalue weighted by Gasteiger charge is 2.38. The van der Waals surface area contributed by atoms with Crippen molar-refractivity contribution >= 4 is 29.4 Å². The molecule has 0 saturated carbocycles. The first-order valence-electron chi connectivity index (χ1n) is 16.7. The zero-order valence-corrected chi connectivity index (χ0v) is 30.1. The molecule has 6 aromatic rings. The van der Waals surface area contributed by atoms with Crippen LogP contribution in [0.15, 0.2) is 84.9 Å². The fourth-order valence-corrected chi connectivity index (χ4v) is 7.95. The molecule has 7 heteroatoms. The highest BCUT2D eigenvalue weighted by atomic mass is 31.2. The van der Waals surface area contributed by atoms with E-state index in [2.05, 4.69) is 12.1 Å². The molecule has 250 valence electrons. The zero-order valence-electron chi connectivity index (χ0n) is 29.2. The van der Waals surface area contributed by atoms with Crippen LogP contribution in [-0.4, -0.2) is 17.1 Å². The Morgan fingerprint density at radius 1 is 0.571 bits per heavy atom. The van der Waals surface area contributed by atoms with Gasteiger partial charge in [-0.3, -0.25) is 4.89 Å². The first-order valence-corrected chi connectivity index (χ1v) is 18.2. The second kappa shape index (κ2) is 12.3. The molecular weight excluding hydrogens is 631 g/mol. The van der Waals surface area contributed by atoms with Gasteiger partial charge in [0.15, 0.2) is 0 Å². The number of fused-ring (bicyclic) bond motifs is 7. The fraction of sp³-hybridized carbons (Fsp3) is 0.238. The van der Waals surface area contributed by atoms with Crippen LogP contribution in [0.3, 0.4) is 0 Å². The van der Waals surface area contributed by atoms with Crippen molar-refractivity contribution in [1.82, 2.24) is 0 Å². The predicted molar refractivity (Wildman–Crippen MR) is 199 cm³/mol. The second-order valence-electron chi connectivity index (χ2n) is 13.6. The van der Waals surface area contributed by atoms with E-state index in [0.29, 0.717) is 33.8 Å². The lowest BCUT2D eigenvalue weighted by Gasteiger charge is -2.21. The molecule has 6 nitrogen and oxygen atoms in total. The molecule has 6 aromatic carbocycles. The van der Waals surface area contributed by atoms with Crippen LogP contribution in [0.4, 0.5) is 0 Å². The Labute approximate surface area is 287 Å². The Balaban J connectivity index is 1.60. The van der Waals surface area contributed by atoms with Crippen molar-refractivity contribution in [1.29, 1.82) is 0 Å². The molecule has 1 N–H and O–H groups in total. The van der Waals surface area contributed by atoms with Gasteiger partial charge in [-0.2, -0.15) is 0 Å². The Bertz CT molecular complexity index is 2130. The van der Waals surface area contributed by atoms with Crippen molar-refractivity contribution in [2.75, 3.05) is 0 Å². The molecule has 0 bridgehead atoms. The summed E-state index contributed by atoms with van der Waals surface area (Å²) in [5.41, 5.74) is 8.36. The van der Waals surface area contributed by atoms with Crippen molar-refractivity contribution in [3.8, 4) is 56.4 Å². The van der Waals surface area contributed by atoms with Crippen LogP contribution in [0.5, 0.6) is 23.0 Å². The number of phosphoric ester groups is 1. The normalized spacial score (nSPS) is 13.5. The van der Waals surface area contributed by atoms with Gasteiger partial charge in [-0.15, -0.1) is 0 Å². The van der Waals surface area contributed by atoms with Crippen molar-refractivity contribution in [3.63, 3.8) is 0 Å². The quantitative estimate of drug-likeness (QED) is 0.178. The summed E-state index contributed by atoms with van der Waals surface area (Å²) in [5, 5.41) is 3.71. The highest BCUT2D eigenvalue weighted by molar-refractivity contribution is 7.48. The maximum Gasteiger partial charge on any atom is 0.584 e. The molecule has 0 amide bonds. The molecule has 0 atom stereocenters. The molecule has 1 aliphatic heterocycles. The predicted octanol–water partition coefficient (Wildman–Crippen LogP) is 11.7. The lowest BCUT2D eigenvalue weighted by atomic mass is 9.86. The minimum Gasteiger partial charge on any atom is -0.490 e. The summed E-state index contributed by atoms with van der Waals surface area (Å²) in [7, 11) is -4.70. The summed E-state index contributed by atoms with van der Waals surface area (Å²) in [5.74, 6) is 2.27. The number of phosphoric acid groups is 1. The number of hydrogen-bond acceptors (Lipinski definition) is 5. The Morgan fingerprint density at radius 2 is 0.918 bits per heavy atom. The number of benzene rings is 6. The first kappa shape index (κ1) is 32.8. The summed E-state index contributed by atoms with van der Waals surface area (Å²) in [6, 6.07) is 28.4. The van der Waals surface area contributed by atoms with E-state index in [1.54, 1.807) is 0 Å². The minimum absolute atomic E-state index is 0.0198. The van der Waals surface area contributed by atoms with Crippen LogP contribution >= 0.6 is 7.82 Å². The van der Waals surface area contributed by atoms with Gasteiger partial charge >= 0.3 is 7.82 Å². The maximum absolute atomic E-state index is 14.1. The van der Waals surface area contributed by atoms with Gasteiger partial charge in [0.05, 0.1) is 12.2 Å². The average Bonchev–Trinajstić information content (AvgIpc) is 3.16. The fourth-order valence-electron chi connectivity index (χ4n) is 7.08. The maximum atomic E-state index is 14.1. The Morgan fingerprint density at radius 3 is 1.27 bits per heavy atom. The van der Waals surface area contributed by atoms with Crippen LogP contribution in [0.25, 0.3) is 54.9 Å². The molecule has 0 aliphatic carbocycles. The SMILES string of the molecule is Cc1cc(-c2cc3ccccc3c3c2OP(=O)(O)Oc2c(-c4cc(C)c(OC(C)C)c(C)c4)cc4ccccc4c2-3)cc(C)c1OC(C)C. The van der Waals surface area contributed by atoms with Crippen LogP contribution in [0, 0.1) is 27.7 Å². The van der Waals surface area contributed by atoms with Crippen molar-refractivity contribution < 1.29 is 28.0 Å². The molecule has 0 fully saturated rings. The van der Waals surface area contributed by atoms with E-state index in [1.807, 2.05) is 128 Å². The molecule has 49 heavy (non-hydrogen) atoms. The molecule has 1 aliphatic rings. The summed E-state index contributed by atoms with van der Waals surface area (Å²) in [4.78, 5) is 11.5. The van der Waals surface area contributed by atoms with E-state index in [9.17, 15) is 9.46 Å². The van der Waals surface area contributed by atoms with E-state index < -0.39 is 7.82 Å². The third-order valence-electron chi connectivity index (χ3n) is 8.92. The van der Waals surface area contributed by atoms with Gasteiger partial charge in [0, 0.05) is 22.3 Å². The lowest BCUT2D eigenvalue weighted by Crippen LogP contribution is -2.08. The van der Waals surface area contributed by atoms with Gasteiger partial charge in [0.1, 0.15) is 23.0 Å². The average molecular weight is 673 g/mol. The van der Waals surface area contributed by atoms with Crippen molar-refractivity contribution in [2.45, 2.75) is 67.6 Å². The van der Waals surface area contributed by atoms with Gasteiger partial charge in [-0.05, 0) is 147 Å². The summed E-state index contributed by atoms with van der Waals surface area (Å²) >= 11 is 0. The highest BCUT2D eigenvalue weighted by Crippen LogP contribution is 2.61. The summed E-state index contributed by atoms with van der Waals surface area (Å²) < 4.78 is 38.8. The number of aryl methyl sites for hydroxylation is 4. The third kappa shape index (κ3) is 5.94. The molecule has 0 unspecified atom stereocenters. The zero-order chi connectivity index (χ0) is 34.8. The standard InChI is InChI=1S/C42H41O6P/c1-23(2)45-39-25(5)17-31(18-26(39)6)35-21-29-13-9-11-15-33(29)37-38-34-16-12-10-14-30(34)22-36(42(38)48-49(43,44)47-41(35)37)32-19-27(7)40(28(8)20-32)46-24(3)4/h9-24H,1-8H3,(H,43,44). The van der Waals surface area contributed by atoms with Gasteiger partial charge in [-0.1, -0.05) is 48.5 Å². The second-order valence-corrected chi connectivity index (χ2v) is 14.9. The monoisotopic (exact) mass is 672 g/mol. The summed E-state index contributed by atoms with van der Waals surface area (Å²) in [6.45, 7) is 16.1. The number of ether oxygens (including phenoxy) is 2. The number of hydrogen-bond donors (Lipinski definition) is 1. The van der Waals surface area contributed by atoms with Gasteiger partial charge in [0.25, 0.3) is 0 Å². The Hall–Kier alpha value is -4.77. The first-order chi connectivity index (χ1) is 23.3. The molecule has 0 radical (unpaired) electrons. The lowest BCUT2D eigenvalue weighted by molar-refractivity contribution is 0.239. The van der Waals surface area contributed by atoms with Gasteiger partial charge in [-0.25, -0.2) is 4.57 Å². The van der Waals surface area contributed by atoms with E-state index in [1.165, 1.54) is 0 Å². The largest absolute Gasteiger partial charge is 0.584 e. The topological polar surface area (TPSA) is 74.2 Å². The van der Waals surface area contributed by atoms with Crippen LogP contribution in [-0.2, 0) is 4.57 Å². The van der Waals surface area contributed by atoms with E-state index >= 15 is 0 Å².